The molecule has 2 rings (SSSR count). The van der Waals surface area contributed by atoms with Crippen molar-refractivity contribution in [2.75, 3.05) is 30.4 Å². The van der Waals surface area contributed by atoms with Crippen LogP contribution in [0.2, 0.25) is 5.15 Å². The quantitative estimate of drug-likeness (QED) is 0.786. The number of aliphatic hydroxyl groups is 1. The molecule has 0 aliphatic carbocycles. The zero-order valence-corrected chi connectivity index (χ0v) is 10.8. The molecule has 2 N–H and O–H groups in total. The number of piperidine rings is 1. The molecule has 1 aromatic heterocycles. The highest BCUT2D eigenvalue weighted by molar-refractivity contribution is 6.32. The van der Waals surface area contributed by atoms with E-state index in [2.05, 4.69) is 15.3 Å². The topological polar surface area (TPSA) is 61.3 Å². The van der Waals surface area contributed by atoms with Gasteiger partial charge in [-0.25, -0.2) is 9.97 Å². The molecule has 1 unspecified atom stereocenters. The fraction of sp³-hybridized carbons (Fsp3) is 0.636. The van der Waals surface area contributed by atoms with Gasteiger partial charge in [0.05, 0.1) is 5.60 Å². The lowest BCUT2D eigenvalue weighted by Crippen LogP contribution is -2.46. The molecular weight excluding hydrogens is 240 g/mol. The highest BCUT2D eigenvalue weighted by Crippen LogP contribution is 2.32. The molecule has 1 fully saturated rings. The van der Waals surface area contributed by atoms with E-state index in [1.165, 1.54) is 6.33 Å². The second kappa shape index (κ2) is 4.66. The third-order valence-corrected chi connectivity index (χ3v) is 3.29. The van der Waals surface area contributed by atoms with E-state index in [0.717, 1.165) is 25.2 Å². The number of hydrogen-bond acceptors (Lipinski definition) is 5. The van der Waals surface area contributed by atoms with E-state index in [0.29, 0.717) is 17.4 Å². The van der Waals surface area contributed by atoms with Gasteiger partial charge in [-0.05, 0) is 19.8 Å². The SMILES string of the molecule is CNc1c(Cl)ncnc1N1CCCC(C)(O)C1. The van der Waals surface area contributed by atoms with Crippen molar-refractivity contribution in [3.05, 3.63) is 11.5 Å². The van der Waals surface area contributed by atoms with Crippen LogP contribution in [0.1, 0.15) is 19.8 Å². The molecule has 0 amide bonds. The molecule has 1 aliphatic heterocycles. The number of aromatic nitrogens is 2. The van der Waals surface area contributed by atoms with Crippen LogP contribution < -0.4 is 10.2 Å². The standard InChI is InChI=1S/C11H17ClN4O/c1-11(17)4-3-5-16(6-11)10-8(13-2)9(12)14-7-15-10/h7,13,17H,3-6H2,1-2H3. The third-order valence-electron chi connectivity index (χ3n) is 3.01. The molecule has 1 aromatic rings. The van der Waals surface area contributed by atoms with Crippen LogP contribution in [0.5, 0.6) is 0 Å². The van der Waals surface area contributed by atoms with E-state index < -0.39 is 5.60 Å². The van der Waals surface area contributed by atoms with Gasteiger partial charge in [-0.1, -0.05) is 11.6 Å². The third kappa shape index (κ3) is 2.61. The van der Waals surface area contributed by atoms with Crippen molar-refractivity contribution in [1.29, 1.82) is 0 Å². The summed E-state index contributed by atoms with van der Waals surface area (Å²) in [7, 11) is 1.79. The Hall–Kier alpha value is -1.07. The van der Waals surface area contributed by atoms with Gasteiger partial charge in [0.2, 0.25) is 0 Å². The average Bonchev–Trinajstić information content (AvgIpc) is 2.27. The van der Waals surface area contributed by atoms with Crippen molar-refractivity contribution in [3.8, 4) is 0 Å². The van der Waals surface area contributed by atoms with Gasteiger partial charge < -0.3 is 15.3 Å². The van der Waals surface area contributed by atoms with Crippen molar-refractivity contribution < 1.29 is 5.11 Å². The van der Waals surface area contributed by atoms with Crippen molar-refractivity contribution in [2.45, 2.75) is 25.4 Å². The van der Waals surface area contributed by atoms with Crippen LogP contribution >= 0.6 is 11.6 Å². The lowest BCUT2D eigenvalue weighted by atomic mass is 9.95. The first-order valence-electron chi connectivity index (χ1n) is 5.69. The molecular formula is C11H17ClN4O. The van der Waals surface area contributed by atoms with E-state index in [4.69, 9.17) is 11.6 Å². The largest absolute Gasteiger partial charge is 0.388 e. The van der Waals surface area contributed by atoms with E-state index in [-0.39, 0.29) is 0 Å². The number of anilines is 2. The van der Waals surface area contributed by atoms with Crippen molar-refractivity contribution in [2.24, 2.45) is 0 Å². The van der Waals surface area contributed by atoms with E-state index >= 15 is 0 Å². The highest BCUT2D eigenvalue weighted by Gasteiger charge is 2.30. The number of nitrogens with one attached hydrogen (secondary N) is 1. The summed E-state index contributed by atoms with van der Waals surface area (Å²) in [4.78, 5) is 10.2. The zero-order chi connectivity index (χ0) is 12.5. The smallest absolute Gasteiger partial charge is 0.157 e. The summed E-state index contributed by atoms with van der Waals surface area (Å²) in [5.74, 6) is 0.757. The van der Waals surface area contributed by atoms with Gasteiger partial charge in [-0.15, -0.1) is 0 Å². The van der Waals surface area contributed by atoms with Crippen LogP contribution in [0.4, 0.5) is 11.5 Å². The van der Waals surface area contributed by atoms with Gasteiger partial charge in [-0.2, -0.15) is 0 Å². The van der Waals surface area contributed by atoms with Gasteiger partial charge in [0.1, 0.15) is 12.0 Å². The first-order chi connectivity index (χ1) is 8.03. The van der Waals surface area contributed by atoms with Crippen LogP contribution in [-0.2, 0) is 0 Å². The Morgan fingerprint density at radius 3 is 2.94 bits per heavy atom. The summed E-state index contributed by atoms with van der Waals surface area (Å²) in [6.07, 6.45) is 3.21. The molecule has 1 atom stereocenters. The molecule has 6 heteroatoms. The second-order valence-electron chi connectivity index (χ2n) is 4.64. The van der Waals surface area contributed by atoms with Crippen LogP contribution in [0.3, 0.4) is 0 Å². The fourth-order valence-corrected chi connectivity index (χ4v) is 2.43. The maximum atomic E-state index is 10.1. The molecule has 0 aromatic carbocycles. The molecule has 5 nitrogen and oxygen atoms in total. The zero-order valence-electron chi connectivity index (χ0n) is 10.1. The Morgan fingerprint density at radius 1 is 1.53 bits per heavy atom. The number of rotatable bonds is 2. The van der Waals surface area contributed by atoms with E-state index in [9.17, 15) is 5.11 Å². The van der Waals surface area contributed by atoms with Gasteiger partial charge in [0.25, 0.3) is 0 Å². The van der Waals surface area contributed by atoms with Gasteiger partial charge in [0, 0.05) is 20.1 Å². The summed E-state index contributed by atoms with van der Waals surface area (Å²) >= 11 is 6.02. The average molecular weight is 257 g/mol. The Morgan fingerprint density at radius 2 is 2.29 bits per heavy atom. The van der Waals surface area contributed by atoms with E-state index in [1.54, 1.807) is 7.05 Å². The lowest BCUT2D eigenvalue weighted by molar-refractivity contribution is 0.0447. The highest BCUT2D eigenvalue weighted by atomic mass is 35.5. The second-order valence-corrected chi connectivity index (χ2v) is 4.99. The molecule has 0 spiro atoms. The molecule has 1 saturated heterocycles. The van der Waals surface area contributed by atoms with Gasteiger partial charge in [0.15, 0.2) is 11.0 Å². The molecule has 1 aliphatic rings. The monoisotopic (exact) mass is 256 g/mol. The molecule has 2 heterocycles. The Balaban J connectivity index is 2.30. The van der Waals surface area contributed by atoms with E-state index in [1.807, 2.05) is 11.8 Å². The summed E-state index contributed by atoms with van der Waals surface area (Å²) in [6, 6.07) is 0. The van der Waals surface area contributed by atoms with Gasteiger partial charge >= 0.3 is 0 Å². The normalized spacial score (nSPS) is 24.8. The maximum absolute atomic E-state index is 10.1. The van der Waals surface area contributed by atoms with Crippen LogP contribution in [0.25, 0.3) is 0 Å². The summed E-state index contributed by atoms with van der Waals surface area (Å²) in [5.41, 5.74) is 0.0487. The van der Waals surface area contributed by atoms with Crippen molar-refractivity contribution >= 4 is 23.1 Å². The fourth-order valence-electron chi connectivity index (χ4n) is 2.21. The molecule has 17 heavy (non-hydrogen) atoms. The molecule has 94 valence electrons. The minimum absolute atomic E-state index is 0.405. The molecule has 0 saturated carbocycles. The van der Waals surface area contributed by atoms with Crippen molar-refractivity contribution in [3.63, 3.8) is 0 Å². The van der Waals surface area contributed by atoms with Gasteiger partial charge in [-0.3, -0.25) is 0 Å². The summed E-state index contributed by atoms with van der Waals surface area (Å²) in [6.45, 7) is 3.29. The number of nitrogens with zero attached hydrogens (tertiary/aromatic N) is 3. The summed E-state index contributed by atoms with van der Waals surface area (Å²) < 4.78 is 0. The lowest BCUT2D eigenvalue weighted by Gasteiger charge is -2.38. The molecule has 0 bridgehead atoms. The Labute approximate surface area is 106 Å². The number of β-amino-alcohol motifs (C(OH)–C–C–N with tert-alkyl or cyclic N) is 1. The minimum Gasteiger partial charge on any atom is -0.388 e. The summed E-state index contributed by atoms with van der Waals surface area (Å²) in [5, 5.41) is 13.5. The maximum Gasteiger partial charge on any atom is 0.157 e. The number of hydrogen-bond donors (Lipinski definition) is 2. The first-order valence-corrected chi connectivity index (χ1v) is 6.07. The Kier molecular flexibility index (Phi) is 3.40. The minimum atomic E-state index is -0.666. The Bertz CT molecular complexity index is 410. The van der Waals surface area contributed by atoms with Crippen molar-refractivity contribution in [1.82, 2.24) is 9.97 Å². The van der Waals surface area contributed by atoms with Crippen LogP contribution in [0.15, 0.2) is 6.33 Å². The predicted octanol–water partition coefficient (Wildman–Crippen LogP) is 1.52. The first kappa shape index (κ1) is 12.4. The van der Waals surface area contributed by atoms with Crippen LogP contribution in [-0.4, -0.2) is 40.8 Å². The molecule has 0 radical (unpaired) electrons. The number of halogens is 1. The predicted molar refractivity (Wildman–Crippen MR) is 68.7 cm³/mol. The van der Waals surface area contributed by atoms with Crippen LogP contribution in [0, 0.1) is 0 Å².